The van der Waals surface area contributed by atoms with Crippen LogP contribution in [0.25, 0.3) is 0 Å². The molecular formula is C16H16FNO3S2. The van der Waals surface area contributed by atoms with Gasteiger partial charge in [-0.25, -0.2) is 12.8 Å². The molecule has 1 saturated heterocycles. The molecular weight excluding hydrogens is 337 g/mol. The molecule has 2 aromatic rings. The molecule has 7 heteroatoms. The summed E-state index contributed by atoms with van der Waals surface area (Å²) >= 11 is 1.38. The molecule has 0 radical (unpaired) electrons. The zero-order valence-corrected chi connectivity index (χ0v) is 13.9. The van der Waals surface area contributed by atoms with E-state index in [-0.39, 0.29) is 10.8 Å². The number of carbonyl (C=O) groups excluding carboxylic acids is 1. The topological polar surface area (TPSA) is 54.5 Å². The van der Waals surface area contributed by atoms with Gasteiger partial charge in [-0.1, -0.05) is 6.07 Å². The highest BCUT2D eigenvalue weighted by Gasteiger charge is 2.33. The standard InChI is InChI=1S/C16H16FNO3S2/c17-12-3-5-13(6-4-12)23(20,21)14-7-9-18(10-8-14)16(19)15-2-1-11-22-15/h1-6,11,14H,7-10H2. The van der Waals surface area contributed by atoms with Gasteiger partial charge >= 0.3 is 0 Å². The lowest BCUT2D eigenvalue weighted by molar-refractivity contribution is 0.0730. The number of rotatable bonds is 3. The predicted molar refractivity (Wildman–Crippen MR) is 86.8 cm³/mol. The van der Waals surface area contributed by atoms with Crippen molar-refractivity contribution in [1.82, 2.24) is 4.90 Å². The highest BCUT2D eigenvalue weighted by Crippen LogP contribution is 2.26. The largest absolute Gasteiger partial charge is 0.338 e. The second kappa shape index (κ2) is 6.41. The first kappa shape index (κ1) is 16.1. The number of thiophene rings is 1. The van der Waals surface area contributed by atoms with Crippen molar-refractivity contribution in [2.24, 2.45) is 0 Å². The summed E-state index contributed by atoms with van der Waals surface area (Å²) in [5.74, 6) is -0.502. The zero-order valence-electron chi connectivity index (χ0n) is 12.3. The van der Waals surface area contributed by atoms with E-state index in [0.717, 1.165) is 12.1 Å². The zero-order chi connectivity index (χ0) is 16.4. The van der Waals surface area contributed by atoms with Crippen molar-refractivity contribution in [3.63, 3.8) is 0 Å². The molecule has 0 bridgehead atoms. The fourth-order valence-corrected chi connectivity index (χ4v) is 5.16. The quantitative estimate of drug-likeness (QED) is 0.797. The van der Waals surface area contributed by atoms with Crippen LogP contribution in [0.1, 0.15) is 22.5 Å². The molecule has 3 rings (SSSR count). The lowest BCUT2D eigenvalue weighted by Gasteiger charge is -2.31. The van der Waals surface area contributed by atoms with Crippen molar-refractivity contribution in [3.8, 4) is 0 Å². The number of likely N-dealkylation sites (tertiary alicyclic amines) is 1. The van der Waals surface area contributed by atoms with E-state index < -0.39 is 20.9 Å². The van der Waals surface area contributed by atoms with Crippen molar-refractivity contribution >= 4 is 27.1 Å². The number of halogens is 1. The van der Waals surface area contributed by atoms with Crippen LogP contribution in [-0.4, -0.2) is 37.6 Å². The maximum Gasteiger partial charge on any atom is 0.263 e. The van der Waals surface area contributed by atoms with Gasteiger partial charge in [-0.15, -0.1) is 11.3 Å². The van der Waals surface area contributed by atoms with Gasteiger partial charge in [0.1, 0.15) is 5.82 Å². The summed E-state index contributed by atoms with van der Waals surface area (Å²) in [6.45, 7) is 0.837. The van der Waals surface area contributed by atoms with Crippen LogP contribution < -0.4 is 0 Å². The van der Waals surface area contributed by atoms with Gasteiger partial charge in [-0.05, 0) is 48.6 Å². The van der Waals surface area contributed by atoms with Crippen molar-refractivity contribution in [2.75, 3.05) is 13.1 Å². The molecule has 0 unspecified atom stereocenters. The van der Waals surface area contributed by atoms with Gasteiger partial charge in [-0.3, -0.25) is 4.79 Å². The van der Waals surface area contributed by atoms with Crippen molar-refractivity contribution in [2.45, 2.75) is 23.0 Å². The third kappa shape index (κ3) is 3.30. The molecule has 1 fully saturated rings. The van der Waals surface area contributed by atoms with E-state index in [1.165, 1.54) is 23.5 Å². The molecule has 1 aromatic heterocycles. The average molecular weight is 353 g/mol. The summed E-state index contributed by atoms with van der Waals surface area (Å²) in [5, 5.41) is 1.32. The summed E-state index contributed by atoms with van der Waals surface area (Å²) in [6, 6.07) is 8.50. The number of piperidine rings is 1. The summed E-state index contributed by atoms with van der Waals surface area (Å²) in [7, 11) is -3.48. The Morgan fingerprint density at radius 2 is 1.78 bits per heavy atom. The highest BCUT2D eigenvalue weighted by molar-refractivity contribution is 7.92. The van der Waals surface area contributed by atoms with Crippen LogP contribution in [0.3, 0.4) is 0 Å². The van der Waals surface area contributed by atoms with Gasteiger partial charge in [0.05, 0.1) is 15.0 Å². The smallest absolute Gasteiger partial charge is 0.263 e. The third-order valence-corrected chi connectivity index (χ3v) is 7.18. The first-order chi connectivity index (χ1) is 11.0. The maximum atomic E-state index is 13.0. The molecule has 0 aliphatic carbocycles. The van der Waals surface area contributed by atoms with Gasteiger partial charge in [0.25, 0.3) is 5.91 Å². The number of benzene rings is 1. The molecule has 4 nitrogen and oxygen atoms in total. The minimum absolute atomic E-state index is 0.0439. The van der Waals surface area contributed by atoms with Gasteiger partial charge < -0.3 is 4.90 Å². The maximum absolute atomic E-state index is 13.0. The average Bonchev–Trinajstić information content (AvgIpc) is 3.09. The van der Waals surface area contributed by atoms with E-state index in [0.29, 0.717) is 30.8 Å². The van der Waals surface area contributed by atoms with Gasteiger partial charge in [0, 0.05) is 13.1 Å². The lowest BCUT2D eigenvalue weighted by Crippen LogP contribution is -2.42. The SMILES string of the molecule is O=C(c1cccs1)N1CCC(S(=O)(=O)c2ccc(F)cc2)CC1. The molecule has 2 heterocycles. The monoisotopic (exact) mass is 353 g/mol. The first-order valence-electron chi connectivity index (χ1n) is 7.31. The Morgan fingerprint density at radius 1 is 1.13 bits per heavy atom. The molecule has 0 spiro atoms. The molecule has 1 aliphatic heterocycles. The Kier molecular flexibility index (Phi) is 4.50. The third-order valence-electron chi connectivity index (χ3n) is 4.04. The number of sulfone groups is 1. The van der Waals surface area contributed by atoms with Crippen molar-refractivity contribution in [3.05, 3.63) is 52.5 Å². The molecule has 0 saturated carbocycles. The Morgan fingerprint density at radius 3 is 2.35 bits per heavy atom. The lowest BCUT2D eigenvalue weighted by atomic mass is 10.1. The molecule has 1 aliphatic rings. The van der Waals surface area contributed by atoms with Gasteiger partial charge in [-0.2, -0.15) is 0 Å². The number of nitrogens with zero attached hydrogens (tertiary/aromatic N) is 1. The van der Waals surface area contributed by atoms with E-state index in [1.807, 2.05) is 11.4 Å². The Labute approximate surface area is 138 Å². The molecule has 0 N–H and O–H groups in total. The van der Waals surface area contributed by atoms with Gasteiger partial charge in [0.2, 0.25) is 0 Å². The molecule has 122 valence electrons. The number of hydrogen-bond donors (Lipinski definition) is 0. The van der Waals surface area contributed by atoms with Crippen LogP contribution in [0.5, 0.6) is 0 Å². The second-order valence-electron chi connectivity index (χ2n) is 5.47. The normalized spacial score (nSPS) is 16.5. The van der Waals surface area contributed by atoms with Crippen molar-refractivity contribution in [1.29, 1.82) is 0 Å². The van der Waals surface area contributed by atoms with E-state index >= 15 is 0 Å². The summed E-state index contributed by atoms with van der Waals surface area (Å²) in [6.07, 6.45) is 0.799. The Bertz CT molecular complexity index is 777. The Balaban J connectivity index is 1.69. The van der Waals surface area contributed by atoms with E-state index in [9.17, 15) is 17.6 Å². The van der Waals surface area contributed by atoms with E-state index in [2.05, 4.69) is 0 Å². The first-order valence-corrected chi connectivity index (χ1v) is 9.73. The second-order valence-corrected chi connectivity index (χ2v) is 8.64. The molecule has 1 amide bonds. The van der Waals surface area contributed by atoms with Crippen LogP contribution >= 0.6 is 11.3 Å². The van der Waals surface area contributed by atoms with E-state index in [1.54, 1.807) is 11.0 Å². The minimum Gasteiger partial charge on any atom is -0.338 e. The number of amides is 1. The minimum atomic E-state index is -3.48. The van der Waals surface area contributed by atoms with Crippen LogP contribution in [0, 0.1) is 5.82 Å². The van der Waals surface area contributed by atoms with Crippen LogP contribution in [0.4, 0.5) is 4.39 Å². The van der Waals surface area contributed by atoms with Crippen LogP contribution in [-0.2, 0) is 9.84 Å². The fourth-order valence-electron chi connectivity index (χ4n) is 2.74. The summed E-state index contributed by atoms with van der Waals surface area (Å²) in [4.78, 5) is 14.8. The summed E-state index contributed by atoms with van der Waals surface area (Å²) in [5.41, 5.74) is 0. The fraction of sp³-hybridized carbons (Fsp3) is 0.312. The van der Waals surface area contributed by atoms with E-state index in [4.69, 9.17) is 0 Å². The van der Waals surface area contributed by atoms with Crippen molar-refractivity contribution < 1.29 is 17.6 Å². The molecule has 1 aromatic carbocycles. The van der Waals surface area contributed by atoms with Gasteiger partial charge in [0.15, 0.2) is 9.84 Å². The molecule has 23 heavy (non-hydrogen) atoms. The number of carbonyl (C=O) groups is 1. The summed E-state index contributed by atoms with van der Waals surface area (Å²) < 4.78 is 38.1. The van der Waals surface area contributed by atoms with Crippen LogP contribution in [0.2, 0.25) is 0 Å². The highest BCUT2D eigenvalue weighted by atomic mass is 32.2. The van der Waals surface area contributed by atoms with Crippen LogP contribution in [0.15, 0.2) is 46.7 Å². The predicted octanol–water partition coefficient (Wildman–Crippen LogP) is 2.97. The molecule has 0 atom stereocenters. The Hall–Kier alpha value is -1.73. The number of hydrogen-bond acceptors (Lipinski definition) is 4.